The minimum atomic E-state index is -0.281. The number of carbonyl (C=O) groups excluding carboxylic acids is 1. The van der Waals surface area contributed by atoms with Crippen LogP contribution in [0.3, 0.4) is 0 Å². The first-order valence-electron chi connectivity index (χ1n) is 8.39. The molecule has 1 aliphatic heterocycles. The van der Waals surface area contributed by atoms with Crippen LogP contribution in [0.1, 0.15) is 28.9 Å². The van der Waals surface area contributed by atoms with Crippen LogP contribution in [0.4, 0.5) is 0 Å². The predicted octanol–water partition coefficient (Wildman–Crippen LogP) is 1.07. The number of aromatic nitrogens is 5. The lowest BCUT2D eigenvalue weighted by atomic mass is 10.1. The number of nitrogens with zero attached hydrogens (tertiary/aromatic N) is 5. The van der Waals surface area contributed by atoms with E-state index in [1.54, 1.807) is 24.0 Å². The summed E-state index contributed by atoms with van der Waals surface area (Å²) in [5.74, 6) is -0.109. The topological polar surface area (TPSA) is 88.8 Å². The number of aromatic amines is 1. The van der Waals surface area contributed by atoms with Crippen molar-refractivity contribution in [2.75, 3.05) is 6.54 Å². The molecule has 8 heteroatoms. The first-order valence-corrected chi connectivity index (χ1v) is 8.39. The van der Waals surface area contributed by atoms with Crippen molar-refractivity contribution in [2.24, 2.45) is 7.05 Å². The second-order valence-electron chi connectivity index (χ2n) is 6.53. The summed E-state index contributed by atoms with van der Waals surface area (Å²) in [5, 5.41) is 7.29. The number of carbonyl (C=O) groups is 1. The van der Waals surface area contributed by atoms with E-state index < -0.39 is 0 Å². The molecule has 0 radical (unpaired) electrons. The average molecular weight is 340 g/mol. The Morgan fingerprint density at radius 3 is 3.04 bits per heavy atom. The van der Waals surface area contributed by atoms with Crippen LogP contribution in [-0.2, 0) is 13.6 Å². The predicted molar refractivity (Wildman–Crippen MR) is 92.4 cm³/mol. The summed E-state index contributed by atoms with van der Waals surface area (Å²) in [6.45, 7) is 3.19. The van der Waals surface area contributed by atoms with E-state index in [1.807, 2.05) is 28.8 Å². The highest BCUT2D eigenvalue weighted by Gasteiger charge is 2.31. The maximum Gasteiger partial charge on any atom is 0.274 e. The summed E-state index contributed by atoms with van der Waals surface area (Å²) in [5.41, 5.74) is 1.37. The van der Waals surface area contributed by atoms with Crippen LogP contribution >= 0.6 is 0 Å². The molecule has 4 heterocycles. The standard InChI is InChI=1S/C17H20N6O2/c1-11-9-13(14-15(19-11)21(2)20-16(14)24)17(25)23-8-3-5-12(23)10-22-7-4-6-18-22/h4,6-7,9,12H,3,5,8,10H2,1-2H3,(H,20,24)/t12-/m0/s1. The van der Waals surface area contributed by atoms with E-state index in [1.165, 1.54) is 0 Å². The molecule has 0 bridgehead atoms. The highest BCUT2D eigenvalue weighted by atomic mass is 16.2. The van der Waals surface area contributed by atoms with Crippen molar-refractivity contribution in [3.63, 3.8) is 0 Å². The molecule has 8 nitrogen and oxygen atoms in total. The Hall–Kier alpha value is -2.90. The monoisotopic (exact) mass is 340 g/mol. The van der Waals surface area contributed by atoms with Gasteiger partial charge in [-0.1, -0.05) is 0 Å². The summed E-state index contributed by atoms with van der Waals surface area (Å²) >= 11 is 0. The van der Waals surface area contributed by atoms with Crippen LogP contribution in [0.25, 0.3) is 11.0 Å². The van der Waals surface area contributed by atoms with Gasteiger partial charge in [-0.3, -0.25) is 24.1 Å². The molecule has 1 N–H and O–H groups in total. The molecular weight excluding hydrogens is 320 g/mol. The van der Waals surface area contributed by atoms with Gasteiger partial charge < -0.3 is 4.90 Å². The molecule has 1 atom stereocenters. The minimum absolute atomic E-state index is 0.0821. The Morgan fingerprint density at radius 2 is 2.28 bits per heavy atom. The Morgan fingerprint density at radius 1 is 1.44 bits per heavy atom. The molecule has 0 saturated carbocycles. The summed E-state index contributed by atoms with van der Waals surface area (Å²) < 4.78 is 3.41. The van der Waals surface area contributed by atoms with Gasteiger partial charge in [0.1, 0.15) is 0 Å². The highest BCUT2D eigenvalue weighted by molar-refractivity contribution is 6.05. The van der Waals surface area contributed by atoms with Gasteiger partial charge in [0.05, 0.1) is 23.5 Å². The van der Waals surface area contributed by atoms with Gasteiger partial charge in [0, 0.05) is 31.7 Å². The fraction of sp³-hybridized carbons (Fsp3) is 0.412. The molecule has 1 fully saturated rings. The third-order valence-electron chi connectivity index (χ3n) is 4.77. The summed E-state index contributed by atoms with van der Waals surface area (Å²) in [6, 6.07) is 3.67. The molecule has 1 aliphatic rings. The van der Waals surface area contributed by atoms with E-state index in [0.717, 1.165) is 12.8 Å². The van der Waals surface area contributed by atoms with Gasteiger partial charge >= 0.3 is 0 Å². The largest absolute Gasteiger partial charge is 0.334 e. The van der Waals surface area contributed by atoms with Gasteiger partial charge in [0.15, 0.2) is 5.65 Å². The Labute approximate surface area is 144 Å². The zero-order valence-corrected chi connectivity index (χ0v) is 14.3. The fourth-order valence-corrected chi connectivity index (χ4v) is 3.63. The quantitative estimate of drug-likeness (QED) is 0.772. The SMILES string of the molecule is Cc1cc(C(=O)N2CCC[C@H]2Cn2cccn2)c2c(=O)[nH]n(C)c2n1. The number of amides is 1. The van der Waals surface area contributed by atoms with Crippen LogP contribution < -0.4 is 5.56 Å². The molecule has 25 heavy (non-hydrogen) atoms. The number of pyridine rings is 1. The third kappa shape index (κ3) is 2.63. The van der Waals surface area contributed by atoms with Gasteiger partial charge in [-0.2, -0.15) is 5.10 Å². The number of aryl methyl sites for hydroxylation is 2. The molecule has 1 saturated heterocycles. The lowest BCUT2D eigenvalue weighted by Gasteiger charge is -2.25. The van der Waals surface area contributed by atoms with Gasteiger partial charge in [-0.15, -0.1) is 0 Å². The molecule has 0 spiro atoms. The van der Waals surface area contributed by atoms with E-state index in [4.69, 9.17) is 0 Å². The smallest absolute Gasteiger partial charge is 0.274 e. The summed E-state index contributed by atoms with van der Waals surface area (Å²) in [6.07, 6.45) is 5.53. The van der Waals surface area contributed by atoms with Crippen molar-refractivity contribution in [1.29, 1.82) is 0 Å². The Kier molecular flexibility index (Phi) is 3.67. The van der Waals surface area contributed by atoms with Crippen molar-refractivity contribution in [3.8, 4) is 0 Å². The maximum absolute atomic E-state index is 13.2. The number of rotatable bonds is 3. The van der Waals surface area contributed by atoms with Crippen LogP contribution in [-0.4, -0.2) is 47.9 Å². The van der Waals surface area contributed by atoms with Gasteiger partial charge in [-0.05, 0) is 31.9 Å². The molecule has 1 amide bonds. The fourth-order valence-electron chi connectivity index (χ4n) is 3.63. The second kappa shape index (κ2) is 5.87. The molecule has 0 aliphatic carbocycles. The number of fused-ring (bicyclic) bond motifs is 1. The van der Waals surface area contributed by atoms with Crippen LogP contribution in [0.5, 0.6) is 0 Å². The normalized spacial score (nSPS) is 17.5. The zero-order valence-electron chi connectivity index (χ0n) is 14.3. The number of nitrogens with one attached hydrogen (secondary N) is 1. The number of H-pyrrole nitrogens is 1. The molecule has 0 aromatic carbocycles. The van der Waals surface area contributed by atoms with E-state index in [-0.39, 0.29) is 17.5 Å². The number of likely N-dealkylation sites (tertiary alicyclic amines) is 1. The Bertz CT molecular complexity index is 985. The van der Waals surface area contributed by atoms with Crippen molar-refractivity contribution < 1.29 is 4.79 Å². The molecule has 4 rings (SSSR count). The molecular formula is C17H20N6O2. The van der Waals surface area contributed by atoms with E-state index in [9.17, 15) is 9.59 Å². The minimum Gasteiger partial charge on any atom is -0.334 e. The Balaban J connectivity index is 1.73. The number of hydrogen-bond acceptors (Lipinski definition) is 4. The van der Waals surface area contributed by atoms with Crippen LogP contribution in [0.2, 0.25) is 0 Å². The van der Waals surface area contributed by atoms with Crippen molar-refractivity contribution >= 4 is 16.9 Å². The third-order valence-corrected chi connectivity index (χ3v) is 4.77. The van der Waals surface area contributed by atoms with E-state index in [0.29, 0.717) is 35.4 Å². The van der Waals surface area contributed by atoms with Gasteiger partial charge in [0.2, 0.25) is 0 Å². The molecule has 0 unspecified atom stereocenters. The number of hydrogen-bond donors (Lipinski definition) is 1. The van der Waals surface area contributed by atoms with Gasteiger partial charge in [0.25, 0.3) is 11.5 Å². The maximum atomic E-state index is 13.2. The van der Waals surface area contributed by atoms with Crippen molar-refractivity contribution in [1.82, 2.24) is 29.4 Å². The average Bonchev–Trinajstić information content (AvgIpc) is 3.30. The lowest BCUT2D eigenvalue weighted by molar-refractivity contribution is 0.0723. The molecule has 3 aromatic rings. The first-order chi connectivity index (χ1) is 12.0. The second-order valence-corrected chi connectivity index (χ2v) is 6.53. The highest BCUT2D eigenvalue weighted by Crippen LogP contribution is 2.24. The first kappa shape index (κ1) is 15.6. The lowest BCUT2D eigenvalue weighted by Crippen LogP contribution is -2.38. The van der Waals surface area contributed by atoms with Crippen LogP contribution in [0, 0.1) is 6.92 Å². The van der Waals surface area contributed by atoms with Crippen molar-refractivity contribution in [2.45, 2.75) is 32.4 Å². The van der Waals surface area contributed by atoms with Crippen LogP contribution in [0.15, 0.2) is 29.3 Å². The van der Waals surface area contributed by atoms with Crippen molar-refractivity contribution in [3.05, 3.63) is 46.1 Å². The summed E-state index contributed by atoms with van der Waals surface area (Å²) in [7, 11) is 1.72. The van der Waals surface area contributed by atoms with Gasteiger partial charge in [-0.25, -0.2) is 4.98 Å². The zero-order chi connectivity index (χ0) is 17.6. The molecule has 130 valence electrons. The summed E-state index contributed by atoms with van der Waals surface area (Å²) in [4.78, 5) is 31.8. The van der Waals surface area contributed by atoms with E-state index >= 15 is 0 Å². The van der Waals surface area contributed by atoms with E-state index in [2.05, 4.69) is 15.2 Å². The molecule has 3 aromatic heterocycles.